The Balaban J connectivity index is 1.69. The molecule has 0 radical (unpaired) electrons. The van der Waals surface area contributed by atoms with E-state index in [4.69, 9.17) is 0 Å². The summed E-state index contributed by atoms with van der Waals surface area (Å²) < 4.78 is 70.3. The van der Waals surface area contributed by atoms with Gasteiger partial charge in [0.2, 0.25) is 0 Å². The van der Waals surface area contributed by atoms with Gasteiger partial charge in [-0.1, -0.05) is 62.2 Å². The van der Waals surface area contributed by atoms with Crippen LogP contribution in [0.3, 0.4) is 0 Å². The zero-order chi connectivity index (χ0) is 22.8. The lowest BCUT2D eigenvalue weighted by atomic mass is 9.96. The van der Waals surface area contributed by atoms with Crippen molar-refractivity contribution >= 4 is 10.8 Å². The molecule has 0 amide bonds. The first-order valence-electron chi connectivity index (χ1n) is 10.5. The van der Waals surface area contributed by atoms with Crippen LogP contribution in [0.4, 0.5) is 22.0 Å². The van der Waals surface area contributed by atoms with Gasteiger partial charge in [0.1, 0.15) is 11.6 Å². The van der Waals surface area contributed by atoms with Crippen molar-refractivity contribution in [2.24, 2.45) is 0 Å². The van der Waals surface area contributed by atoms with Crippen molar-refractivity contribution in [3.8, 4) is 22.3 Å². The Morgan fingerprint density at radius 2 is 1.28 bits per heavy atom. The Labute approximate surface area is 183 Å². The minimum absolute atomic E-state index is 0.107. The molecular weight excluding hydrogens is 419 g/mol. The Hall–Kier alpha value is -3.21. The summed E-state index contributed by atoms with van der Waals surface area (Å²) in [7, 11) is 0. The molecule has 0 aliphatic heterocycles. The summed E-state index contributed by atoms with van der Waals surface area (Å²) in [6.45, 7) is 2.14. The molecule has 5 heteroatoms. The second-order valence-corrected chi connectivity index (χ2v) is 7.89. The lowest BCUT2D eigenvalue weighted by Gasteiger charge is -2.11. The predicted octanol–water partition coefficient (Wildman–Crippen LogP) is 8.60. The van der Waals surface area contributed by atoms with Crippen molar-refractivity contribution in [3.05, 3.63) is 95.3 Å². The smallest absolute Gasteiger partial charge is 0.194 e. The molecule has 4 aromatic rings. The first-order valence-corrected chi connectivity index (χ1v) is 10.5. The highest BCUT2D eigenvalue weighted by atomic mass is 19.2. The van der Waals surface area contributed by atoms with Crippen LogP contribution in [0.5, 0.6) is 0 Å². The molecule has 0 spiro atoms. The Morgan fingerprint density at radius 3 is 1.97 bits per heavy atom. The van der Waals surface area contributed by atoms with Crippen molar-refractivity contribution in [2.75, 3.05) is 0 Å². The first-order chi connectivity index (χ1) is 15.4. The van der Waals surface area contributed by atoms with Gasteiger partial charge >= 0.3 is 0 Å². The van der Waals surface area contributed by atoms with E-state index in [1.165, 1.54) is 12.1 Å². The summed E-state index contributed by atoms with van der Waals surface area (Å²) in [5.74, 6) is -5.68. The molecule has 0 saturated carbocycles. The second-order valence-electron chi connectivity index (χ2n) is 7.89. The minimum atomic E-state index is -1.61. The van der Waals surface area contributed by atoms with E-state index >= 15 is 4.39 Å². The lowest BCUT2D eigenvalue weighted by molar-refractivity contribution is 0.447. The fraction of sp³-hybridized carbons (Fsp3) is 0.185. The van der Waals surface area contributed by atoms with Crippen LogP contribution in [-0.2, 0) is 6.42 Å². The summed E-state index contributed by atoms with van der Waals surface area (Å²) in [5, 5.41) is 1.21. The maximum Gasteiger partial charge on any atom is 0.194 e. The number of hydrogen-bond donors (Lipinski definition) is 0. The quantitative estimate of drug-likeness (QED) is 0.160. The number of hydrogen-bond acceptors (Lipinski definition) is 0. The van der Waals surface area contributed by atoms with Gasteiger partial charge < -0.3 is 0 Å². The summed E-state index contributed by atoms with van der Waals surface area (Å²) in [6, 6.07) is 14.4. The third kappa shape index (κ3) is 4.24. The van der Waals surface area contributed by atoms with Crippen molar-refractivity contribution in [2.45, 2.75) is 32.6 Å². The fourth-order valence-corrected chi connectivity index (χ4v) is 3.93. The molecule has 0 atom stereocenters. The second kappa shape index (κ2) is 9.11. The molecule has 0 unspecified atom stereocenters. The average Bonchev–Trinajstić information content (AvgIpc) is 2.77. The maximum atomic E-state index is 15.2. The predicted molar refractivity (Wildman–Crippen MR) is 118 cm³/mol. The van der Waals surface area contributed by atoms with Crippen LogP contribution in [0.25, 0.3) is 33.0 Å². The zero-order valence-corrected chi connectivity index (χ0v) is 17.5. The topological polar surface area (TPSA) is 0 Å². The van der Waals surface area contributed by atoms with E-state index in [0.29, 0.717) is 10.9 Å². The van der Waals surface area contributed by atoms with Crippen molar-refractivity contribution in [3.63, 3.8) is 0 Å². The lowest BCUT2D eigenvalue weighted by Crippen LogP contribution is -1.94. The third-order valence-corrected chi connectivity index (χ3v) is 5.66. The molecule has 0 saturated heterocycles. The van der Waals surface area contributed by atoms with Crippen molar-refractivity contribution in [1.82, 2.24) is 0 Å². The monoisotopic (exact) mass is 440 g/mol. The number of benzene rings is 4. The Bertz CT molecular complexity index is 1270. The van der Waals surface area contributed by atoms with E-state index in [2.05, 4.69) is 6.92 Å². The highest BCUT2D eigenvalue weighted by molar-refractivity contribution is 5.89. The molecule has 0 fully saturated rings. The average molecular weight is 440 g/mol. The number of halogens is 5. The number of aryl methyl sites for hydroxylation is 1. The van der Waals surface area contributed by atoms with Crippen LogP contribution in [0.15, 0.2) is 60.7 Å². The van der Waals surface area contributed by atoms with Gasteiger partial charge in [0.25, 0.3) is 0 Å². The van der Waals surface area contributed by atoms with Gasteiger partial charge in [-0.15, -0.1) is 0 Å². The summed E-state index contributed by atoms with van der Waals surface area (Å²) in [6.07, 6.45) is 4.29. The Morgan fingerprint density at radius 1 is 0.594 bits per heavy atom. The minimum Gasteiger partial charge on any atom is -0.206 e. The van der Waals surface area contributed by atoms with Crippen molar-refractivity contribution < 1.29 is 22.0 Å². The van der Waals surface area contributed by atoms with E-state index < -0.39 is 29.1 Å². The van der Waals surface area contributed by atoms with Crippen LogP contribution < -0.4 is 0 Å². The SMILES string of the molecule is CCCCCc1ccc2c(F)c(-c3ccc(-c4cc(F)c(F)c(F)c4)c(F)c3)ccc2c1. The fourth-order valence-electron chi connectivity index (χ4n) is 3.93. The van der Waals surface area contributed by atoms with Gasteiger partial charge in [0.05, 0.1) is 0 Å². The highest BCUT2D eigenvalue weighted by Crippen LogP contribution is 2.33. The molecule has 0 aliphatic carbocycles. The van der Waals surface area contributed by atoms with Crippen molar-refractivity contribution in [1.29, 1.82) is 0 Å². The van der Waals surface area contributed by atoms with Crippen LogP contribution in [0.2, 0.25) is 0 Å². The molecule has 4 aromatic carbocycles. The molecule has 0 aromatic heterocycles. The number of unbranched alkanes of at least 4 members (excludes halogenated alkanes) is 2. The van der Waals surface area contributed by atoms with Crippen LogP contribution >= 0.6 is 0 Å². The standard InChI is InChI=1S/C27H21F5/c1-2-3-4-5-16-6-9-21-17(12-16)8-11-22(26(21)31)18-7-10-20(23(28)13-18)19-14-24(29)27(32)25(30)15-19/h6-15H,2-5H2,1H3. The normalized spacial score (nSPS) is 11.3. The third-order valence-electron chi connectivity index (χ3n) is 5.66. The number of fused-ring (bicyclic) bond motifs is 1. The largest absolute Gasteiger partial charge is 0.206 e. The highest BCUT2D eigenvalue weighted by Gasteiger charge is 2.16. The van der Waals surface area contributed by atoms with Gasteiger partial charge in [-0.25, -0.2) is 22.0 Å². The Kier molecular flexibility index (Phi) is 6.26. The van der Waals surface area contributed by atoms with E-state index in [0.717, 1.165) is 54.8 Å². The van der Waals surface area contributed by atoms with Crippen LogP contribution in [0.1, 0.15) is 31.7 Å². The molecule has 32 heavy (non-hydrogen) atoms. The van der Waals surface area contributed by atoms with Gasteiger partial charge in [-0.2, -0.15) is 0 Å². The summed E-state index contributed by atoms with van der Waals surface area (Å²) in [5.41, 5.74) is 1.41. The van der Waals surface area contributed by atoms with E-state index in [-0.39, 0.29) is 16.7 Å². The number of rotatable bonds is 6. The first kappa shape index (κ1) is 22.0. The van der Waals surface area contributed by atoms with Gasteiger partial charge in [-0.3, -0.25) is 0 Å². The molecule has 0 aliphatic rings. The molecule has 0 N–H and O–H groups in total. The van der Waals surface area contributed by atoms with Gasteiger partial charge in [0, 0.05) is 16.5 Å². The molecular formula is C27H21F5. The van der Waals surface area contributed by atoms with Gasteiger partial charge in [0.15, 0.2) is 17.5 Å². The van der Waals surface area contributed by atoms with E-state index in [1.807, 2.05) is 12.1 Å². The molecule has 0 nitrogen and oxygen atoms in total. The molecule has 164 valence electrons. The van der Waals surface area contributed by atoms with Crippen LogP contribution in [-0.4, -0.2) is 0 Å². The zero-order valence-electron chi connectivity index (χ0n) is 17.5. The summed E-state index contributed by atoms with van der Waals surface area (Å²) >= 11 is 0. The maximum absolute atomic E-state index is 15.2. The van der Waals surface area contributed by atoms with E-state index in [9.17, 15) is 17.6 Å². The molecule has 4 rings (SSSR count). The summed E-state index contributed by atoms with van der Waals surface area (Å²) in [4.78, 5) is 0. The molecule has 0 heterocycles. The van der Waals surface area contributed by atoms with Crippen LogP contribution in [0, 0.1) is 29.1 Å². The van der Waals surface area contributed by atoms with E-state index in [1.54, 1.807) is 18.2 Å². The van der Waals surface area contributed by atoms with Gasteiger partial charge in [-0.05, 0) is 53.1 Å². The molecule has 0 bridgehead atoms.